The Balaban J connectivity index is 1.08. The molecule has 3 atom stereocenters. The summed E-state index contributed by atoms with van der Waals surface area (Å²) in [6.07, 6.45) is 6.89. The van der Waals surface area contributed by atoms with Crippen molar-refractivity contribution in [2.45, 2.75) is 57.7 Å². The lowest BCUT2D eigenvalue weighted by atomic mass is 9.97. The van der Waals surface area contributed by atoms with E-state index in [1.807, 2.05) is 36.5 Å². The maximum Gasteiger partial charge on any atom is 0.312 e. The lowest BCUT2D eigenvalue weighted by molar-refractivity contribution is -0.144. The zero-order chi connectivity index (χ0) is 30.3. The minimum absolute atomic E-state index is 0.128. The van der Waals surface area contributed by atoms with Crippen LogP contribution in [0.1, 0.15) is 41.6 Å². The zero-order valence-electron chi connectivity index (χ0n) is 25.7. The first-order chi connectivity index (χ1) is 21.5. The summed E-state index contributed by atoms with van der Waals surface area (Å²) in [6.45, 7) is 7.36. The number of anilines is 1. The van der Waals surface area contributed by atoms with Gasteiger partial charge < -0.3 is 24.2 Å². The number of aliphatic carboxylic acids is 1. The van der Waals surface area contributed by atoms with Gasteiger partial charge in [0, 0.05) is 75.4 Å². The number of carboxylic acids is 1. The number of ether oxygens (including phenoxy) is 3. The lowest BCUT2D eigenvalue weighted by Crippen LogP contribution is -2.43. The highest BCUT2D eigenvalue weighted by Gasteiger charge is 2.71. The van der Waals surface area contributed by atoms with Crippen molar-refractivity contribution in [2.24, 2.45) is 11.3 Å². The van der Waals surface area contributed by atoms with E-state index < -0.39 is 11.4 Å². The van der Waals surface area contributed by atoms with Gasteiger partial charge >= 0.3 is 5.97 Å². The van der Waals surface area contributed by atoms with Gasteiger partial charge in [-0.25, -0.2) is 4.98 Å². The van der Waals surface area contributed by atoms with Crippen molar-refractivity contribution in [3.8, 4) is 17.0 Å². The summed E-state index contributed by atoms with van der Waals surface area (Å²) in [5.41, 5.74) is 5.62. The molecule has 232 valence electrons. The van der Waals surface area contributed by atoms with Crippen LogP contribution in [-0.2, 0) is 33.7 Å². The van der Waals surface area contributed by atoms with Crippen LogP contribution in [0.3, 0.4) is 0 Å². The van der Waals surface area contributed by atoms with Crippen LogP contribution in [-0.4, -0.2) is 84.6 Å². The van der Waals surface area contributed by atoms with Crippen LogP contribution in [0.4, 0.5) is 5.82 Å². The van der Waals surface area contributed by atoms with Crippen LogP contribution in [0.25, 0.3) is 11.3 Å². The van der Waals surface area contributed by atoms with E-state index >= 15 is 0 Å². The van der Waals surface area contributed by atoms with Gasteiger partial charge in [0.05, 0.1) is 23.8 Å². The van der Waals surface area contributed by atoms with Gasteiger partial charge in [0.25, 0.3) is 0 Å². The number of carboxylic acid groups (broad SMARTS) is 1. The zero-order valence-corrected chi connectivity index (χ0v) is 25.7. The predicted octanol–water partition coefficient (Wildman–Crippen LogP) is 4.54. The van der Waals surface area contributed by atoms with E-state index in [-0.39, 0.29) is 12.0 Å². The Morgan fingerprint density at radius 1 is 1.14 bits per heavy atom. The third-order valence-electron chi connectivity index (χ3n) is 10.3. The summed E-state index contributed by atoms with van der Waals surface area (Å²) in [5, 5.41) is 10.0. The number of aryl methyl sites for hydroxylation is 1. The SMILES string of the molecule is COC[C@H]1N(c2cccc(-c3cccc(C)c3OCc3cnc4c(c3)CCN(C3CCOCC3)CC4)n2)C[C@@H]2C[C@@]21C(=O)O. The Morgan fingerprint density at radius 3 is 2.77 bits per heavy atom. The minimum Gasteiger partial charge on any atom is -0.488 e. The van der Waals surface area contributed by atoms with E-state index in [0.29, 0.717) is 32.2 Å². The number of hydrogen-bond acceptors (Lipinski definition) is 8. The molecule has 0 radical (unpaired) electrons. The monoisotopic (exact) mass is 598 g/mol. The number of nitrogens with zero attached hydrogens (tertiary/aromatic N) is 4. The molecule has 5 heterocycles. The van der Waals surface area contributed by atoms with Crippen LogP contribution in [0, 0.1) is 18.3 Å². The molecule has 0 amide bonds. The highest BCUT2D eigenvalue weighted by atomic mass is 16.5. The Hall–Kier alpha value is -3.53. The normalized spacial score (nSPS) is 25.3. The summed E-state index contributed by atoms with van der Waals surface area (Å²) in [6, 6.07) is 14.7. The summed E-state index contributed by atoms with van der Waals surface area (Å²) in [5.74, 6) is 0.969. The first-order valence-electron chi connectivity index (χ1n) is 15.9. The summed E-state index contributed by atoms with van der Waals surface area (Å²) < 4.78 is 17.6. The fourth-order valence-electron chi connectivity index (χ4n) is 7.77. The van der Waals surface area contributed by atoms with Gasteiger partial charge in [0.1, 0.15) is 18.2 Å². The quantitative estimate of drug-likeness (QED) is 0.381. The number of methoxy groups -OCH3 is 1. The topological polar surface area (TPSA) is 97.3 Å². The summed E-state index contributed by atoms with van der Waals surface area (Å²) >= 11 is 0. The van der Waals surface area contributed by atoms with E-state index in [9.17, 15) is 9.90 Å². The molecule has 44 heavy (non-hydrogen) atoms. The fraction of sp³-hybridized carbons (Fsp3) is 0.514. The van der Waals surface area contributed by atoms with Gasteiger partial charge in [-0.2, -0.15) is 0 Å². The summed E-state index contributed by atoms with van der Waals surface area (Å²) in [4.78, 5) is 26.9. The molecule has 1 aliphatic carbocycles. The molecule has 0 unspecified atom stereocenters. The number of fused-ring (bicyclic) bond motifs is 2. The molecule has 0 bridgehead atoms. The number of rotatable bonds is 9. The van der Waals surface area contributed by atoms with E-state index in [1.165, 1.54) is 11.3 Å². The van der Waals surface area contributed by atoms with Gasteiger partial charge in [0.2, 0.25) is 0 Å². The molecule has 1 N–H and O–H groups in total. The molecule has 3 fully saturated rings. The molecule has 9 heteroatoms. The second kappa shape index (κ2) is 12.1. The van der Waals surface area contributed by atoms with Gasteiger partial charge in [0.15, 0.2) is 0 Å². The van der Waals surface area contributed by atoms with Crippen LogP contribution in [0.15, 0.2) is 48.7 Å². The molecule has 1 saturated carbocycles. The maximum atomic E-state index is 12.2. The van der Waals surface area contributed by atoms with Crippen molar-refractivity contribution >= 4 is 11.8 Å². The van der Waals surface area contributed by atoms with E-state index in [0.717, 1.165) is 85.9 Å². The van der Waals surface area contributed by atoms with Crippen LogP contribution < -0.4 is 9.64 Å². The van der Waals surface area contributed by atoms with Gasteiger partial charge in [-0.15, -0.1) is 0 Å². The van der Waals surface area contributed by atoms with Crippen LogP contribution in [0.5, 0.6) is 5.75 Å². The molecule has 3 aromatic rings. The molecule has 4 aliphatic rings. The average Bonchev–Trinajstić information content (AvgIpc) is 3.75. The molecule has 7 rings (SSSR count). The van der Waals surface area contributed by atoms with E-state index in [1.54, 1.807) is 7.11 Å². The number of para-hydroxylation sites is 1. The third-order valence-corrected chi connectivity index (χ3v) is 10.3. The fourth-order valence-corrected chi connectivity index (χ4v) is 7.77. The smallest absolute Gasteiger partial charge is 0.312 e. The van der Waals surface area contributed by atoms with Gasteiger partial charge in [-0.1, -0.05) is 18.2 Å². The van der Waals surface area contributed by atoms with Gasteiger partial charge in [-0.05, 0) is 73.9 Å². The minimum atomic E-state index is -0.740. The number of piperidine rings is 1. The Bertz CT molecular complexity index is 1520. The Labute approximate surface area is 259 Å². The first kappa shape index (κ1) is 29.2. The highest BCUT2D eigenvalue weighted by molar-refractivity contribution is 5.82. The molecule has 2 saturated heterocycles. The van der Waals surface area contributed by atoms with E-state index in [2.05, 4.69) is 28.9 Å². The second-order valence-corrected chi connectivity index (χ2v) is 12.8. The van der Waals surface area contributed by atoms with Gasteiger partial charge in [-0.3, -0.25) is 14.7 Å². The molecule has 0 spiro atoms. The number of hydrogen-bond donors (Lipinski definition) is 1. The van der Waals surface area contributed by atoms with Crippen molar-refractivity contribution < 1.29 is 24.1 Å². The lowest BCUT2D eigenvalue weighted by Gasteiger charge is -2.33. The third kappa shape index (κ3) is 5.35. The van der Waals surface area contributed by atoms with E-state index in [4.69, 9.17) is 24.2 Å². The number of aromatic nitrogens is 2. The second-order valence-electron chi connectivity index (χ2n) is 12.8. The molecular formula is C35H42N4O5. The first-order valence-corrected chi connectivity index (χ1v) is 15.9. The Morgan fingerprint density at radius 2 is 1.95 bits per heavy atom. The summed E-state index contributed by atoms with van der Waals surface area (Å²) in [7, 11) is 1.63. The van der Waals surface area contributed by atoms with Crippen molar-refractivity contribution in [1.29, 1.82) is 0 Å². The van der Waals surface area contributed by atoms with Crippen molar-refractivity contribution in [3.05, 3.63) is 71.0 Å². The van der Waals surface area contributed by atoms with Crippen molar-refractivity contribution in [1.82, 2.24) is 14.9 Å². The molecular weight excluding hydrogens is 556 g/mol. The molecule has 3 aliphatic heterocycles. The number of benzene rings is 1. The van der Waals surface area contributed by atoms with Crippen molar-refractivity contribution in [3.63, 3.8) is 0 Å². The molecule has 1 aromatic carbocycles. The molecule has 9 nitrogen and oxygen atoms in total. The maximum absolute atomic E-state index is 12.2. The number of pyridine rings is 2. The molecule has 2 aromatic heterocycles. The highest BCUT2D eigenvalue weighted by Crippen LogP contribution is 2.62. The number of carbonyl (C=O) groups is 1. The standard InChI is InChI=1S/C35H42N4O5/c1-23-5-3-6-28(30-7-4-8-32(37-30)39-20-26-18-35(26,34(40)41)31(39)22-42-2)33(23)44-21-24-17-25-9-13-38(14-10-29(25)36-19-24)27-11-15-43-16-12-27/h3-8,17,19,26-27,31H,9-16,18,20-22H2,1-2H3,(H,40,41)/t26-,31+,35+/m0/s1. The van der Waals surface area contributed by atoms with Crippen LogP contribution >= 0.6 is 0 Å². The predicted molar refractivity (Wildman–Crippen MR) is 167 cm³/mol. The van der Waals surface area contributed by atoms with Crippen LogP contribution in [0.2, 0.25) is 0 Å². The Kier molecular flexibility index (Phi) is 8.03. The largest absolute Gasteiger partial charge is 0.488 e. The average molecular weight is 599 g/mol. The van der Waals surface area contributed by atoms with Crippen molar-refractivity contribution in [2.75, 3.05) is 51.5 Å².